The molecule has 2 aromatic rings. The largest absolute Gasteiger partial charge is 0.346 e. The van der Waals surface area contributed by atoms with Gasteiger partial charge in [0.05, 0.1) is 4.90 Å². The van der Waals surface area contributed by atoms with Crippen LogP contribution < -0.4 is 20.9 Å². The number of fused-ring (bicyclic) bond motifs is 1. The minimum Gasteiger partial charge on any atom is -0.346 e. The second-order valence-corrected chi connectivity index (χ2v) is 8.05. The van der Waals surface area contributed by atoms with E-state index in [1.54, 1.807) is 32.0 Å². The minimum absolute atomic E-state index is 0.0882. The molecular formula is C18H22N4O5S. The van der Waals surface area contributed by atoms with Gasteiger partial charge in [0.25, 0.3) is 0 Å². The highest BCUT2D eigenvalue weighted by Crippen LogP contribution is 2.18. The number of carbonyl (C=O) groups is 3. The fourth-order valence-corrected chi connectivity index (χ4v) is 3.36. The first-order valence-corrected chi connectivity index (χ1v) is 10.1. The van der Waals surface area contributed by atoms with E-state index in [1.807, 2.05) is 23.6 Å². The summed E-state index contributed by atoms with van der Waals surface area (Å²) in [6.45, 7) is 3.20. The van der Waals surface area contributed by atoms with Gasteiger partial charge in [-0.15, -0.1) is 0 Å². The minimum atomic E-state index is -3.79. The fraction of sp³-hybridized carbons (Fsp3) is 0.278. The van der Waals surface area contributed by atoms with E-state index in [1.165, 1.54) is 6.07 Å². The molecule has 28 heavy (non-hydrogen) atoms. The van der Waals surface area contributed by atoms with Crippen LogP contribution in [-0.2, 0) is 24.4 Å². The number of hydrazine groups is 1. The van der Waals surface area contributed by atoms with Crippen molar-refractivity contribution < 1.29 is 22.8 Å². The summed E-state index contributed by atoms with van der Waals surface area (Å²) in [7, 11) is -3.79. The molecule has 0 bridgehead atoms. The van der Waals surface area contributed by atoms with E-state index < -0.39 is 27.7 Å². The van der Waals surface area contributed by atoms with Crippen LogP contribution >= 0.6 is 0 Å². The van der Waals surface area contributed by atoms with Gasteiger partial charge in [-0.05, 0) is 36.8 Å². The normalized spacial score (nSPS) is 11.2. The van der Waals surface area contributed by atoms with E-state index in [0.29, 0.717) is 0 Å². The molecule has 0 saturated heterocycles. The molecule has 150 valence electrons. The summed E-state index contributed by atoms with van der Waals surface area (Å²) in [5.41, 5.74) is 4.01. The molecule has 10 heteroatoms. The quantitative estimate of drug-likeness (QED) is 0.401. The Kier molecular flexibility index (Phi) is 7.07. The van der Waals surface area contributed by atoms with Crippen molar-refractivity contribution in [1.29, 1.82) is 0 Å². The highest BCUT2D eigenvalue weighted by atomic mass is 32.2. The summed E-state index contributed by atoms with van der Waals surface area (Å²) < 4.78 is 27.0. The first kappa shape index (κ1) is 21.3. The summed E-state index contributed by atoms with van der Waals surface area (Å²) in [5.74, 6) is -2.54. The Hall–Kier alpha value is -2.98. The molecule has 0 aliphatic carbocycles. The molecule has 0 heterocycles. The molecule has 0 atom stereocenters. The molecular weight excluding hydrogens is 384 g/mol. The van der Waals surface area contributed by atoms with E-state index in [4.69, 9.17) is 0 Å². The third kappa shape index (κ3) is 6.03. The van der Waals surface area contributed by atoms with Crippen LogP contribution in [0.1, 0.15) is 20.3 Å². The predicted octanol–water partition coefficient (Wildman–Crippen LogP) is 0.180. The number of hydrogen-bond acceptors (Lipinski definition) is 5. The van der Waals surface area contributed by atoms with E-state index in [-0.39, 0.29) is 23.9 Å². The maximum atomic E-state index is 12.3. The Bertz CT molecular complexity index is 988. The number of sulfonamides is 1. The average Bonchev–Trinajstić information content (AvgIpc) is 2.65. The van der Waals surface area contributed by atoms with Crippen LogP contribution in [-0.4, -0.2) is 38.7 Å². The number of amides is 3. The predicted molar refractivity (Wildman–Crippen MR) is 103 cm³/mol. The van der Waals surface area contributed by atoms with Crippen LogP contribution in [0.15, 0.2) is 47.4 Å². The summed E-state index contributed by atoms with van der Waals surface area (Å²) in [5, 5.41) is 4.06. The first-order chi connectivity index (χ1) is 13.2. The molecule has 0 unspecified atom stereocenters. The molecule has 3 amide bonds. The van der Waals surface area contributed by atoms with Gasteiger partial charge in [0.2, 0.25) is 15.9 Å². The summed E-state index contributed by atoms with van der Waals surface area (Å²) in [4.78, 5) is 34.6. The van der Waals surface area contributed by atoms with E-state index >= 15 is 0 Å². The topological polar surface area (TPSA) is 133 Å². The lowest BCUT2D eigenvalue weighted by Gasteiger charge is -2.10. The Morgan fingerprint density at radius 2 is 1.61 bits per heavy atom. The van der Waals surface area contributed by atoms with Gasteiger partial charge >= 0.3 is 11.8 Å². The van der Waals surface area contributed by atoms with Gasteiger partial charge in [-0.2, -0.15) is 0 Å². The van der Waals surface area contributed by atoms with Gasteiger partial charge in [0, 0.05) is 19.0 Å². The van der Waals surface area contributed by atoms with Crippen molar-refractivity contribution in [2.45, 2.75) is 31.2 Å². The number of nitrogens with one attached hydrogen (secondary N) is 4. The van der Waals surface area contributed by atoms with Crippen molar-refractivity contribution in [2.75, 3.05) is 6.54 Å². The lowest BCUT2D eigenvalue weighted by Crippen LogP contribution is -2.50. The standard InChI is InChI=1S/C18H22N4O5S/c1-12(2)20-17(24)18(25)22-21-16(23)9-10-19-28(26,27)15-8-7-13-5-3-4-6-14(13)11-15/h3-8,11-12,19H,9-10H2,1-2H3,(H,20,24)(H,21,23)(H,22,25). The molecule has 0 fully saturated rings. The van der Waals surface area contributed by atoms with E-state index in [0.717, 1.165) is 10.8 Å². The smallest absolute Gasteiger partial charge is 0.327 e. The highest BCUT2D eigenvalue weighted by molar-refractivity contribution is 7.89. The number of carbonyl (C=O) groups excluding carboxylic acids is 3. The summed E-state index contributed by atoms with van der Waals surface area (Å²) in [6, 6.07) is 11.9. The third-order valence-electron chi connectivity index (χ3n) is 3.62. The Balaban J connectivity index is 1.83. The zero-order valence-electron chi connectivity index (χ0n) is 15.5. The maximum absolute atomic E-state index is 12.3. The lowest BCUT2D eigenvalue weighted by molar-refractivity contribution is -0.141. The van der Waals surface area contributed by atoms with Crippen LogP contribution in [0, 0.1) is 0 Å². The first-order valence-electron chi connectivity index (χ1n) is 8.57. The van der Waals surface area contributed by atoms with Gasteiger partial charge in [-0.1, -0.05) is 30.3 Å². The summed E-state index contributed by atoms with van der Waals surface area (Å²) >= 11 is 0. The molecule has 9 nitrogen and oxygen atoms in total. The molecule has 4 N–H and O–H groups in total. The zero-order valence-corrected chi connectivity index (χ0v) is 16.3. The Morgan fingerprint density at radius 1 is 0.929 bits per heavy atom. The second kappa shape index (κ2) is 9.29. The van der Waals surface area contributed by atoms with Crippen molar-refractivity contribution in [3.63, 3.8) is 0 Å². The summed E-state index contributed by atoms with van der Waals surface area (Å²) in [6.07, 6.45) is -0.223. The zero-order chi connectivity index (χ0) is 20.7. The van der Waals surface area contributed by atoms with Crippen molar-refractivity contribution >= 4 is 38.5 Å². The Labute approximate surface area is 162 Å². The van der Waals surface area contributed by atoms with E-state index in [2.05, 4.69) is 15.5 Å². The van der Waals surface area contributed by atoms with Crippen LogP contribution in [0.5, 0.6) is 0 Å². The molecule has 0 aliphatic rings. The van der Waals surface area contributed by atoms with Crippen LogP contribution in [0.4, 0.5) is 0 Å². The van der Waals surface area contributed by atoms with Crippen LogP contribution in [0.2, 0.25) is 0 Å². The molecule has 0 aromatic heterocycles. The molecule has 2 aromatic carbocycles. The fourth-order valence-electron chi connectivity index (χ4n) is 2.29. The molecule has 0 aliphatic heterocycles. The molecule has 0 radical (unpaired) electrons. The monoisotopic (exact) mass is 406 g/mol. The SMILES string of the molecule is CC(C)NC(=O)C(=O)NNC(=O)CCNS(=O)(=O)c1ccc2ccccc2c1. The molecule has 2 rings (SSSR count). The van der Waals surface area contributed by atoms with Gasteiger partial charge in [-0.3, -0.25) is 25.2 Å². The second-order valence-electron chi connectivity index (χ2n) is 6.29. The number of hydrogen-bond donors (Lipinski definition) is 4. The molecule has 0 saturated carbocycles. The Morgan fingerprint density at radius 3 is 2.29 bits per heavy atom. The van der Waals surface area contributed by atoms with E-state index in [9.17, 15) is 22.8 Å². The lowest BCUT2D eigenvalue weighted by atomic mass is 10.1. The van der Waals surface area contributed by atoms with Crippen molar-refractivity contribution in [3.8, 4) is 0 Å². The highest BCUT2D eigenvalue weighted by Gasteiger charge is 2.17. The van der Waals surface area contributed by atoms with Crippen molar-refractivity contribution in [1.82, 2.24) is 20.9 Å². The number of benzene rings is 2. The van der Waals surface area contributed by atoms with Gasteiger partial charge in [-0.25, -0.2) is 13.1 Å². The van der Waals surface area contributed by atoms with Crippen LogP contribution in [0.25, 0.3) is 10.8 Å². The number of rotatable bonds is 6. The van der Waals surface area contributed by atoms with Crippen molar-refractivity contribution in [3.05, 3.63) is 42.5 Å². The van der Waals surface area contributed by atoms with Crippen LogP contribution in [0.3, 0.4) is 0 Å². The maximum Gasteiger partial charge on any atom is 0.327 e. The van der Waals surface area contributed by atoms with Gasteiger partial charge < -0.3 is 5.32 Å². The van der Waals surface area contributed by atoms with Gasteiger partial charge in [0.15, 0.2) is 0 Å². The molecule has 0 spiro atoms. The van der Waals surface area contributed by atoms with Gasteiger partial charge in [0.1, 0.15) is 0 Å². The van der Waals surface area contributed by atoms with Crippen molar-refractivity contribution in [2.24, 2.45) is 0 Å². The third-order valence-corrected chi connectivity index (χ3v) is 5.08. The average molecular weight is 406 g/mol.